The third kappa shape index (κ3) is 4.73. The first-order chi connectivity index (χ1) is 7.92. The lowest BCUT2D eigenvalue weighted by molar-refractivity contribution is -0.149. The number of carboxylic acids is 1. The predicted molar refractivity (Wildman–Crippen MR) is 62.6 cm³/mol. The Morgan fingerprint density at radius 1 is 1.47 bits per heavy atom. The van der Waals surface area contributed by atoms with Crippen molar-refractivity contribution in [2.75, 3.05) is 13.2 Å². The van der Waals surface area contributed by atoms with Crippen molar-refractivity contribution in [3.8, 4) is 0 Å². The van der Waals surface area contributed by atoms with E-state index in [1.165, 1.54) is 0 Å². The summed E-state index contributed by atoms with van der Waals surface area (Å²) in [4.78, 5) is 22.4. The van der Waals surface area contributed by atoms with E-state index in [1.807, 2.05) is 0 Å². The van der Waals surface area contributed by atoms with Gasteiger partial charge in [-0.25, -0.2) is 0 Å². The molecule has 1 rings (SSSR count). The molecule has 98 valence electrons. The first-order valence-corrected chi connectivity index (χ1v) is 6.03. The average molecular weight is 243 g/mol. The molecular weight excluding hydrogens is 222 g/mol. The van der Waals surface area contributed by atoms with Crippen LogP contribution in [-0.2, 0) is 14.3 Å². The first kappa shape index (κ1) is 14.0. The molecule has 1 saturated heterocycles. The number of nitrogens with one attached hydrogen (secondary N) is 1. The van der Waals surface area contributed by atoms with Crippen molar-refractivity contribution < 1.29 is 19.4 Å². The van der Waals surface area contributed by atoms with Crippen LogP contribution in [0.4, 0.5) is 0 Å². The second kappa shape index (κ2) is 6.00. The molecule has 0 radical (unpaired) electrons. The summed E-state index contributed by atoms with van der Waals surface area (Å²) < 4.78 is 5.43. The highest BCUT2D eigenvalue weighted by molar-refractivity contribution is 5.84. The Labute approximate surface area is 102 Å². The van der Waals surface area contributed by atoms with E-state index in [1.54, 1.807) is 13.8 Å². The molecule has 5 heteroatoms. The molecule has 1 heterocycles. The molecule has 17 heavy (non-hydrogen) atoms. The van der Waals surface area contributed by atoms with E-state index >= 15 is 0 Å². The molecule has 1 aliphatic heterocycles. The predicted octanol–water partition coefficient (Wildman–Crippen LogP) is 1.17. The summed E-state index contributed by atoms with van der Waals surface area (Å²) in [6.07, 6.45) is 3.21. The van der Waals surface area contributed by atoms with Gasteiger partial charge in [0.1, 0.15) is 0 Å². The number of carbonyl (C=O) groups is 2. The second-order valence-electron chi connectivity index (χ2n) is 5.14. The molecule has 0 saturated carbocycles. The van der Waals surface area contributed by atoms with Crippen LogP contribution in [0.15, 0.2) is 0 Å². The molecule has 5 nitrogen and oxygen atoms in total. The van der Waals surface area contributed by atoms with Crippen molar-refractivity contribution in [2.45, 2.75) is 45.6 Å². The molecule has 1 aliphatic rings. The smallest absolute Gasteiger partial charge is 0.309 e. The molecule has 1 atom stereocenters. The SMILES string of the molecule is CC(C)(CC(=O)NCCC1CCCO1)C(=O)O. The van der Waals surface area contributed by atoms with Crippen molar-refractivity contribution in [3.05, 3.63) is 0 Å². The third-order valence-electron chi connectivity index (χ3n) is 2.99. The zero-order valence-corrected chi connectivity index (χ0v) is 10.5. The Bertz CT molecular complexity index is 282. The molecule has 1 fully saturated rings. The fourth-order valence-corrected chi connectivity index (χ4v) is 1.78. The minimum Gasteiger partial charge on any atom is -0.481 e. The number of carbonyl (C=O) groups excluding carboxylic acids is 1. The lowest BCUT2D eigenvalue weighted by Gasteiger charge is -2.18. The summed E-state index contributed by atoms with van der Waals surface area (Å²) in [5.74, 6) is -1.16. The Morgan fingerprint density at radius 2 is 2.18 bits per heavy atom. The standard InChI is InChI=1S/C12H21NO4/c1-12(2,11(15)16)8-10(14)13-6-5-9-4-3-7-17-9/h9H,3-8H2,1-2H3,(H,13,14)(H,15,16). The van der Waals surface area contributed by atoms with Crippen LogP contribution < -0.4 is 5.32 Å². The summed E-state index contributed by atoms with van der Waals surface area (Å²) in [6, 6.07) is 0. The monoisotopic (exact) mass is 243 g/mol. The third-order valence-corrected chi connectivity index (χ3v) is 2.99. The van der Waals surface area contributed by atoms with E-state index in [-0.39, 0.29) is 18.4 Å². The van der Waals surface area contributed by atoms with Crippen molar-refractivity contribution >= 4 is 11.9 Å². The van der Waals surface area contributed by atoms with Gasteiger partial charge in [-0.05, 0) is 33.1 Å². The summed E-state index contributed by atoms with van der Waals surface area (Å²) in [5.41, 5.74) is -1.01. The largest absolute Gasteiger partial charge is 0.481 e. The summed E-state index contributed by atoms with van der Waals surface area (Å²) in [5, 5.41) is 11.6. The van der Waals surface area contributed by atoms with Crippen LogP contribution in [0.25, 0.3) is 0 Å². The quantitative estimate of drug-likeness (QED) is 0.734. The molecule has 0 bridgehead atoms. The van der Waals surface area contributed by atoms with Crippen LogP contribution in [0.1, 0.15) is 39.5 Å². The van der Waals surface area contributed by atoms with Gasteiger partial charge in [0.2, 0.25) is 5.91 Å². The van der Waals surface area contributed by atoms with Crippen LogP contribution >= 0.6 is 0 Å². The van der Waals surface area contributed by atoms with Crippen LogP contribution in [0.5, 0.6) is 0 Å². The molecule has 2 N–H and O–H groups in total. The zero-order valence-electron chi connectivity index (χ0n) is 10.5. The van der Waals surface area contributed by atoms with Gasteiger partial charge in [0, 0.05) is 19.6 Å². The van der Waals surface area contributed by atoms with E-state index in [9.17, 15) is 9.59 Å². The highest BCUT2D eigenvalue weighted by Gasteiger charge is 2.30. The van der Waals surface area contributed by atoms with E-state index < -0.39 is 11.4 Å². The lowest BCUT2D eigenvalue weighted by Crippen LogP contribution is -2.34. The molecule has 0 spiro atoms. The van der Waals surface area contributed by atoms with Gasteiger partial charge in [-0.3, -0.25) is 9.59 Å². The molecule has 0 aromatic carbocycles. The minimum atomic E-state index is -1.01. The van der Waals surface area contributed by atoms with Crippen molar-refractivity contribution in [3.63, 3.8) is 0 Å². The summed E-state index contributed by atoms with van der Waals surface area (Å²) in [6.45, 7) is 4.47. The van der Waals surface area contributed by atoms with Crippen LogP contribution in [0, 0.1) is 5.41 Å². The topological polar surface area (TPSA) is 75.6 Å². The Morgan fingerprint density at radius 3 is 2.71 bits per heavy atom. The molecule has 0 aliphatic carbocycles. The molecule has 0 aromatic rings. The Balaban J connectivity index is 2.18. The van der Waals surface area contributed by atoms with Crippen molar-refractivity contribution in [1.29, 1.82) is 0 Å². The van der Waals surface area contributed by atoms with E-state index in [2.05, 4.69) is 5.32 Å². The summed E-state index contributed by atoms with van der Waals surface area (Å²) in [7, 11) is 0. The number of rotatable bonds is 6. The van der Waals surface area contributed by atoms with Crippen molar-refractivity contribution in [2.24, 2.45) is 5.41 Å². The van der Waals surface area contributed by atoms with E-state index in [4.69, 9.17) is 9.84 Å². The average Bonchev–Trinajstić information content (AvgIpc) is 2.69. The maximum Gasteiger partial charge on any atom is 0.309 e. The van der Waals surface area contributed by atoms with Crippen molar-refractivity contribution in [1.82, 2.24) is 5.32 Å². The normalized spacial score (nSPS) is 20.2. The van der Waals surface area contributed by atoms with Gasteiger partial charge in [-0.15, -0.1) is 0 Å². The molecular formula is C12H21NO4. The maximum absolute atomic E-state index is 11.5. The van der Waals surface area contributed by atoms with E-state index in [0.29, 0.717) is 6.54 Å². The van der Waals surface area contributed by atoms with E-state index in [0.717, 1.165) is 25.9 Å². The van der Waals surface area contributed by atoms with Gasteiger partial charge in [-0.2, -0.15) is 0 Å². The summed E-state index contributed by atoms with van der Waals surface area (Å²) >= 11 is 0. The van der Waals surface area contributed by atoms with Gasteiger partial charge in [0.15, 0.2) is 0 Å². The lowest BCUT2D eigenvalue weighted by atomic mass is 9.89. The Hall–Kier alpha value is -1.10. The number of ether oxygens (including phenoxy) is 1. The van der Waals surface area contributed by atoms with Crippen LogP contribution in [0.2, 0.25) is 0 Å². The highest BCUT2D eigenvalue weighted by atomic mass is 16.5. The molecule has 1 unspecified atom stereocenters. The van der Waals surface area contributed by atoms with Gasteiger partial charge < -0.3 is 15.2 Å². The van der Waals surface area contributed by atoms with Gasteiger partial charge in [0.05, 0.1) is 11.5 Å². The van der Waals surface area contributed by atoms with Gasteiger partial charge in [-0.1, -0.05) is 0 Å². The van der Waals surface area contributed by atoms with Crippen LogP contribution in [-0.4, -0.2) is 36.2 Å². The fourth-order valence-electron chi connectivity index (χ4n) is 1.78. The number of carboxylic acid groups (broad SMARTS) is 1. The minimum absolute atomic E-state index is 0.00779. The van der Waals surface area contributed by atoms with Crippen LogP contribution in [0.3, 0.4) is 0 Å². The number of hydrogen-bond acceptors (Lipinski definition) is 3. The number of hydrogen-bond donors (Lipinski definition) is 2. The molecule has 0 aromatic heterocycles. The number of aliphatic carboxylic acids is 1. The van der Waals surface area contributed by atoms with Gasteiger partial charge >= 0.3 is 5.97 Å². The fraction of sp³-hybridized carbons (Fsp3) is 0.833. The highest BCUT2D eigenvalue weighted by Crippen LogP contribution is 2.20. The Kier molecular flexibility index (Phi) is 4.93. The second-order valence-corrected chi connectivity index (χ2v) is 5.14. The molecule has 1 amide bonds. The maximum atomic E-state index is 11.5. The van der Waals surface area contributed by atoms with Gasteiger partial charge in [0.25, 0.3) is 0 Å². The first-order valence-electron chi connectivity index (χ1n) is 6.03. The number of amides is 1. The zero-order chi connectivity index (χ0) is 12.9.